The van der Waals surface area contributed by atoms with Crippen LogP contribution in [0.4, 0.5) is 14.7 Å². The minimum Gasteiger partial charge on any atom is -0.480 e. The molecule has 1 aromatic carbocycles. The average molecular weight is 398 g/mol. The fraction of sp³-hybridized carbons (Fsp3) is 0.312. The number of aliphatic carboxylic acids is 1. The van der Waals surface area contributed by atoms with Gasteiger partial charge in [0.15, 0.2) is 0 Å². The van der Waals surface area contributed by atoms with E-state index in [1.54, 1.807) is 24.3 Å². The molecule has 1 fully saturated rings. The third kappa shape index (κ3) is 3.38. The summed E-state index contributed by atoms with van der Waals surface area (Å²) in [6.45, 7) is 0.434. The number of carboxylic acid groups (broad SMARTS) is 1. The Hall–Kier alpha value is -2.09. The molecular weight excluding hydrogens is 384 g/mol. The largest absolute Gasteiger partial charge is 0.480 e. The van der Waals surface area contributed by atoms with E-state index in [-0.39, 0.29) is 5.95 Å². The first-order valence-corrected chi connectivity index (χ1v) is 8.17. The third-order valence-corrected chi connectivity index (χ3v) is 4.42. The zero-order valence-corrected chi connectivity index (χ0v) is 14.1. The summed E-state index contributed by atoms with van der Waals surface area (Å²) in [5, 5.41) is 9.29. The van der Waals surface area contributed by atoms with Gasteiger partial charge in [0.2, 0.25) is 5.95 Å². The normalized spacial score (nSPS) is 17.5. The molecule has 1 atom stereocenters. The van der Waals surface area contributed by atoms with Gasteiger partial charge in [0.1, 0.15) is 11.7 Å². The van der Waals surface area contributed by atoms with Crippen molar-refractivity contribution in [2.75, 3.05) is 11.4 Å². The molecule has 2 aromatic rings. The number of benzene rings is 1. The van der Waals surface area contributed by atoms with Gasteiger partial charge in [-0.1, -0.05) is 28.1 Å². The summed E-state index contributed by atoms with van der Waals surface area (Å²) in [5.41, 5.74) is 0.600. The first-order valence-electron chi connectivity index (χ1n) is 7.38. The van der Waals surface area contributed by atoms with Crippen molar-refractivity contribution in [2.45, 2.75) is 25.3 Å². The molecule has 0 spiro atoms. The molecular formula is C16H14BrF2N3O2. The molecule has 1 saturated heterocycles. The molecule has 1 aliphatic rings. The van der Waals surface area contributed by atoms with Crippen molar-refractivity contribution in [3.63, 3.8) is 0 Å². The van der Waals surface area contributed by atoms with Crippen LogP contribution >= 0.6 is 15.9 Å². The Morgan fingerprint density at radius 3 is 2.62 bits per heavy atom. The van der Waals surface area contributed by atoms with Crippen molar-refractivity contribution in [2.24, 2.45) is 0 Å². The predicted octanol–water partition coefficient (Wildman–Crippen LogP) is 3.90. The number of carbonyl (C=O) groups is 1. The van der Waals surface area contributed by atoms with E-state index in [2.05, 4.69) is 25.9 Å². The van der Waals surface area contributed by atoms with Crippen LogP contribution in [-0.4, -0.2) is 33.6 Å². The Morgan fingerprint density at radius 2 is 2.00 bits per heavy atom. The van der Waals surface area contributed by atoms with Crippen LogP contribution in [0, 0.1) is 0 Å². The second-order valence-corrected chi connectivity index (χ2v) is 6.39. The Morgan fingerprint density at radius 1 is 1.29 bits per heavy atom. The lowest BCUT2D eigenvalue weighted by Crippen LogP contribution is -2.37. The standard InChI is InChI=1S/C16H14BrF2N3O2/c17-10-5-3-9(4-6-10)11-8-12(14(18)19)21-16(20-11)22-7-1-2-13(22)15(23)24/h3-6,8,13-14H,1-2,7H2,(H,23,24)/t13-/m0/s1. The molecule has 0 radical (unpaired) electrons. The predicted molar refractivity (Wildman–Crippen MR) is 88.1 cm³/mol. The van der Waals surface area contributed by atoms with Crippen molar-refractivity contribution in [1.29, 1.82) is 0 Å². The summed E-state index contributed by atoms with van der Waals surface area (Å²) < 4.78 is 27.3. The molecule has 5 nitrogen and oxygen atoms in total. The highest BCUT2D eigenvalue weighted by molar-refractivity contribution is 9.10. The number of anilines is 1. The van der Waals surface area contributed by atoms with Crippen molar-refractivity contribution in [3.8, 4) is 11.3 Å². The van der Waals surface area contributed by atoms with Crippen LogP contribution in [0.25, 0.3) is 11.3 Å². The van der Waals surface area contributed by atoms with Gasteiger partial charge in [-0.3, -0.25) is 0 Å². The van der Waals surface area contributed by atoms with Gasteiger partial charge >= 0.3 is 5.97 Å². The summed E-state index contributed by atoms with van der Waals surface area (Å²) in [7, 11) is 0. The molecule has 1 N–H and O–H groups in total. The lowest BCUT2D eigenvalue weighted by molar-refractivity contribution is -0.138. The van der Waals surface area contributed by atoms with Crippen molar-refractivity contribution in [1.82, 2.24) is 9.97 Å². The number of hydrogen-bond acceptors (Lipinski definition) is 4. The van der Waals surface area contributed by atoms with E-state index in [1.807, 2.05) is 0 Å². The molecule has 8 heteroatoms. The van der Waals surface area contributed by atoms with E-state index in [0.29, 0.717) is 30.6 Å². The molecule has 126 valence electrons. The maximum absolute atomic E-state index is 13.2. The number of hydrogen-bond donors (Lipinski definition) is 1. The van der Waals surface area contributed by atoms with Gasteiger partial charge in [-0.15, -0.1) is 0 Å². The molecule has 0 amide bonds. The molecule has 1 aromatic heterocycles. The second-order valence-electron chi connectivity index (χ2n) is 5.48. The smallest absolute Gasteiger partial charge is 0.326 e. The fourth-order valence-corrected chi connectivity index (χ4v) is 2.99. The van der Waals surface area contributed by atoms with E-state index in [0.717, 1.165) is 4.47 Å². The summed E-state index contributed by atoms with van der Waals surface area (Å²) in [6.07, 6.45) is -1.65. The van der Waals surface area contributed by atoms with E-state index >= 15 is 0 Å². The highest BCUT2D eigenvalue weighted by Crippen LogP contribution is 2.29. The Labute approximate surface area is 145 Å². The summed E-state index contributed by atoms with van der Waals surface area (Å²) in [5.74, 6) is -0.959. The second kappa shape index (κ2) is 6.80. The van der Waals surface area contributed by atoms with Gasteiger partial charge in [-0.25, -0.2) is 23.5 Å². The average Bonchev–Trinajstić information content (AvgIpc) is 3.05. The Kier molecular flexibility index (Phi) is 4.75. The van der Waals surface area contributed by atoms with Crippen molar-refractivity contribution in [3.05, 3.63) is 40.5 Å². The molecule has 24 heavy (non-hydrogen) atoms. The van der Waals surface area contributed by atoms with Crippen LogP contribution in [0.15, 0.2) is 34.8 Å². The Balaban J connectivity index is 2.06. The highest BCUT2D eigenvalue weighted by atomic mass is 79.9. The first-order chi connectivity index (χ1) is 11.5. The van der Waals surface area contributed by atoms with Crippen LogP contribution < -0.4 is 4.90 Å². The third-order valence-electron chi connectivity index (χ3n) is 3.89. The molecule has 2 heterocycles. The van der Waals surface area contributed by atoms with Crippen molar-refractivity contribution >= 4 is 27.8 Å². The van der Waals surface area contributed by atoms with Crippen LogP contribution in [0.3, 0.4) is 0 Å². The van der Waals surface area contributed by atoms with Crippen LogP contribution in [0.1, 0.15) is 25.0 Å². The zero-order valence-electron chi connectivity index (χ0n) is 12.5. The maximum atomic E-state index is 13.2. The summed E-state index contributed by atoms with van der Waals surface area (Å²) in [4.78, 5) is 21.0. The molecule has 0 aliphatic carbocycles. The van der Waals surface area contributed by atoms with E-state index < -0.39 is 24.1 Å². The molecule has 0 unspecified atom stereocenters. The minimum atomic E-state index is -2.76. The van der Waals surface area contributed by atoms with Crippen LogP contribution in [0.5, 0.6) is 0 Å². The van der Waals surface area contributed by atoms with Gasteiger partial charge in [-0.05, 0) is 31.0 Å². The van der Waals surface area contributed by atoms with E-state index in [4.69, 9.17) is 0 Å². The maximum Gasteiger partial charge on any atom is 0.326 e. The first kappa shape index (κ1) is 16.8. The Bertz CT molecular complexity index is 755. The molecule has 3 rings (SSSR count). The fourth-order valence-electron chi connectivity index (χ4n) is 2.72. The van der Waals surface area contributed by atoms with E-state index in [9.17, 15) is 18.7 Å². The van der Waals surface area contributed by atoms with Gasteiger partial charge in [0.25, 0.3) is 6.43 Å². The number of aromatic nitrogens is 2. The van der Waals surface area contributed by atoms with E-state index in [1.165, 1.54) is 11.0 Å². The summed E-state index contributed by atoms with van der Waals surface area (Å²) in [6, 6.07) is 7.54. The SMILES string of the molecule is O=C(O)[C@@H]1CCCN1c1nc(-c2ccc(Br)cc2)cc(C(F)F)n1. The lowest BCUT2D eigenvalue weighted by Gasteiger charge is -2.22. The molecule has 0 bridgehead atoms. The highest BCUT2D eigenvalue weighted by Gasteiger charge is 2.33. The number of halogens is 3. The lowest BCUT2D eigenvalue weighted by atomic mass is 10.1. The number of carboxylic acids is 1. The number of rotatable bonds is 4. The van der Waals surface area contributed by atoms with Gasteiger partial charge < -0.3 is 10.0 Å². The molecule has 1 aliphatic heterocycles. The van der Waals surface area contributed by atoms with Gasteiger partial charge in [0, 0.05) is 16.6 Å². The summed E-state index contributed by atoms with van der Waals surface area (Å²) >= 11 is 3.32. The quantitative estimate of drug-likeness (QED) is 0.847. The van der Waals surface area contributed by atoms with Crippen molar-refractivity contribution < 1.29 is 18.7 Å². The minimum absolute atomic E-state index is 0.0376. The van der Waals surface area contributed by atoms with Gasteiger partial charge in [-0.2, -0.15) is 0 Å². The van der Waals surface area contributed by atoms with Gasteiger partial charge in [0.05, 0.1) is 5.69 Å². The monoisotopic (exact) mass is 397 g/mol. The number of nitrogens with zero attached hydrogens (tertiary/aromatic N) is 3. The zero-order chi connectivity index (χ0) is 17.3. The van der Waals surface area contributed by atoms with Crippen LogP contribution in [-0.2, 0) is 4.79 Å². The van der Waals surface area contributed by atoms with Crippen LogP contribution in [0.2, 0.25) is 0 Å². The number of alkyl halides is 2. The molecule has 0 saturated carbocycles. The topological polar surface area (TPSA) is 66.3 Å².